The first-order valence-electron chi connectivity index (χ1n) is 9.24. The molecule has 0 aliphatic carbocycles. The molecule has 144 valence electrons. The number of aromatic nitrogens is 2. The van der Waals surface area contributed by atoms with Gasteiger partial charge in [-0.05, 0) is 22.9 Å². The molecule has 0 radical (unpaired) electrons. The van der Waals surface area contributed by atoms with Crippen molar-refractivity contribution in [3.63, 3.8) is 0 Å². The molecule has 1 aromatic heterocycles. The Balaban J connectivity index is 1.52. The van der Waals surface area contributed by atoms with Crippen molar-refractivity contribution in [3.05, 3.63) is 77.7 Å². The first-order chi connectivity index (χ1) is 13.8. The van der Waals surface area contributed by atoms with Crippen molar-refractivity contribution in [1.82, 2.24) is 15.1 Å². The van der Waals surface area contributed by atoms with Crippen LogP contribution in [0.4, 0.5) is 0 Å². The van der Waals surface area contributed by atoms with Crippen LogP contribution in [0.15, 0.2) is 70.3 Å². The normalized spacial score (nSPS) is 15.4. The van der Waals surface area contributed by atoms with Crippen LogP contribution in [0.25, 0.3) is 0 Å². The molecule has 6 nitrogen and oxygen atoms in total. The summed E-state index contributed by atoms with van der Waals surface area (Å²) < 4.78 is 11.2. The second kappa shape index (κ2) is 9.03. The number of carbonyl (C=O) groups is 1. The van der Waals surface area contributed by atoms with E-state index in [9.17, 15) is 4.79 Å². The maximum absolute atomic E-state index is 13.2. The van der Waals surface area contributed by atoms with Crippen LogP contribution in [-0.4, -0.2) is 47.3 Å². The fourth-order valence-corrected chi connectivity index (χ4v) is 4.04. The van der Waals surface area contributed by atoms with E-state index in [1.54, 1.807) is 0 Å². The predicted molar refractivity (Wildman–Crippen MR) is 106 cm³/mol. The topological polar surface area (TPSA) is 68.5 Å². The average Bonchev–Trinajstić information content (AvgIpc) is 3.20. The van der Waals surface area contributed by atoms with Gasteiger partial charge in [0.25, 0.3) is 5.22 Å². The Kier molecular flexibility index (Phi) is 6.04. The van der Waals surface area contributed by atoms with Crippen molar-refractivity contribution in [2.75, 3.05) is 26.3 Å². The monoisotopic (exact) mass is 395 g/mol. The summed E-state index contributed by atoms with van der Waals surface area (Å²) in [6, 6.07) is 19.7. The van der Waals surface area contributed by atoms with Gasteiger partial charge in [0.05, 0.1) is 19.6 Å². The van der Waals surface area contributed by atoms with Gasteiger partial charge >= 0.3 is 0 Å². The van der Waals surface area contributed by atoms with E-state index < -0.39 is 5.25 Å². The van der Waals surface area contributed by atoms with E-state index in [1.165, 1.54) is 11.8 Å². The maximum atomic E-state index is 13.2. The zero-order valence-corrected chi connectivity index (χ0v) is 16.2. The third-order valence-electron chi connectivity index (χ3n) is 4.51. The van der Waals surface area contributed by atoms with E-state index in [0.29, 0.717) is 43.8 Å². The van der Waals surface area contributed by atoms with Crippen LogP contribution in [-0.2, 0) is 16.0 Å². The van der Waals surface area contributed by atoms with Crippen LogP contribution in [0, 0.1) is 0 Å². The van der Waals surface area contributed by atoms with Crippen molar-refractivity contribution in [2.45, 2.75) is 16.9 Å². The number of ether oxygens (including phenoxy) is 1. The van der Waals surface area contributed by atoms with Crippen LogP contribution in [0.1, 0.15) is 22.3 Å². The lowest BCUT2D eigenvalue weighted by Gasteiger charge is -2.29. The molecule has 1 aliphatic rings. The van der Waals surface area contributed by atoms with Crippen LogP contribution in [0.2, 0.25) is 0 Å². The van der Waals surface area contributed by atoms with Crippen molar-refractivity contribution < 1.29 is 13.9 Å². The van der Waals surface area contributed by atoms with Crippen LogP contribution in [0.3, 0.4) is 0 Å². The molecule has 28 heavy (non-hydrogen) atoms. The third kappa shape index (κ3) is 4.61. The lowest BCUT2D eigenvalue weighted by molar-refractivity contribution is -0.134. The second-order valence-electron chi connectivity index (χ2n) is 6.47. The Labute approximate surface area is 167 Å². The zero-order chi connectivity index (χ0) is 19.2. The van der Waals surface area contributed by atoms with E-state index in [2.05, 4.69) is 10.2 Å². The van der Waals surface area contributed by atoms with Crippen LogP contribution in [0.5, 0.6) is 0 Å². The van der Waals surface area contributed by atoms with E-state index in [1.807, 2.05) is 65.6 Å². The van der Waals surface area contributed by atoms with Gasteiger partial charge in [-0.15, -0.1) is 10.2 Å². The summed E-state index contributed by atoms with van der Waals surface area (Å²) in [5, 5.41) is 8.28. The number of rotatable bonds is 6. The fourth-order valence-electron chi connectivity index (χ4n) is 3.07. The summed E-state index contributed by atoms with van der Waals surface area (Å²) in [6.07, 6.45) is 0.571. The van der Waals surface area contributed by atoms with E-state index in [-0.39, 0.29) is 5.91 Å². The van der Waals surface area contributed by atoms with Crippen LogP contribution >= 0.6 is 11.8 Å². The van der Waals surface area contributed by atoms with Gasteiger partial charge in [0.2, 0.25) is 11.8 Å². The number of amides is 1. The number of benzene rings is 2. The third-order valence-corrected chi connectivity index (χ3v) is 5.59. The molecule has 1 amide bonds. The molecule has 4 rings (SSSR count). The molecule has 0 bridgehead atoms. The van der Waals surface area contributed by atoms with Gasteiger partial charge in [-0.25, -0.2) is 0 Å². The highest BCUT2D eigenvalue weighted by Gasteiger charge is 2.30. The van der Waals surface area contributed by atoms with Gasteiger partial charge in [0.1, 0.15) is 5.25 Å². The van der Waals surface area contributed by atoms with Gasteiger partial charge in [0.15, 0.2) is 0 Å². The quantitative estimate of drug-likeness (QED) is 0.596. The Hall–Kier alpha value is -2.64. The predicted octanol–water partition coefficient (Wildman–Crippen LogP) is 3.35. The average molecular weight is 395 g/mol. The highest BCUT2D eigenvalue weighted by Crippen LogP contribution is 2.36. The molecule has 2 heterocycles. The molecule has 1 saturated heterocycles. The number of hydrogen-bond acceptors (Lipinski definition) is 6. The first kappa shape index (κ1) is 18.7. The molecule has 3 aromatic rings. The van der Waals surface area contributed by atoms with E-state index >= 15 is 0 Å². The van der Waals surface area contributed by atoms with E-state index in [0.717, 1.165) is 11.1 Å². The molecule has 7 heteroatoms. The summed E-state index contributed by atoms with van der Waals surface area (Å²) in [4.78, 5) is 15.0. The zero-order valence-electron chi connectivity index (χ0n) is 15.4. The molecule has 1 atom stereocenters. The Morgan fingerprint density at radius 1 is 1.00 bits per heavy atom. The smallest absolute Gasteiger partial charge is 0.277 e. The standard InChI is InChI=1S/C21H21N3O3S/c25-20(24-11-13-26-14-12-24)19(17-9-5-2-6-10-17)28-21-23-22-18(27-21)15-16-7-3-1-4-8-16/h1-10,19H,11-15H2/t19-/m0/s1. The summed E-state index contributed by atoms with van der Waals surface area (Å²) in [5.74, 6) is 0.585. The summed E-state index contributed by atoms with van der Waals surface area (Å²) in [7, 11) is 0. The number of morpholine rings is 1. The summed E-state index contributed by atoms with van der Waals surface area (Å²) in [5.41, 5.74) is 2.03. The van der Waals surface area contributed by atoms with Crippen LogP contribution < -0.4 is 0 Å². The number of nitrogens with zero attached hydrogens (tertiary/aromatic N) is 3. The van der Waals surface area contributed by atoms with Crippen molar-refractivity contribution in [1.29, 1.82) is 0 Å². The largest absolute Gasteiger partial charge is 0.416 e. The second-order valence-corrected chi connectivity index (χ2v) is 7.53. The minimum atomic E-state index is -0.427. The number of thioether (sulfide) groups is 1. The first-order valence-corrected chi connectivity index (χ1v) is 10.1. The fraction of sp³-hybridized carbons (Fsp3) is 0.286. The molecule has 1 fully saturated rings. The van der Waals surface area contributed by atoms with Gasteiger partial charge in [-0.2, -0.15) is 0 Å². The highest BCUT2D eigenvalue weighted by atomic mass is 32.2. The lowest BCUT2D eigenvalue weighted by Crippen LogP contribution is -2.42. The summed E-state index contributed by atoms with van der Waals surface area (Å²) >= 11 is 1.30. The van der Waals surface area contributed by atoms with Gasteiger partial charge < -0.3 is 14.1 Å². The van der Waals surface area contributed by atoms with Crippen molar-refractivity contribution >= 4 is 17.7 Å². The Morgan fingerprint density at radius 3 is 2.39 bits per heavy atom. The highest BCUT2D eigenvalue weighted by molar-refractivity contribution is 8.00. The molecular formula is C21H21N3O3S. The van der Waals surface area contributed by atoms with Crippen molar-refractivity contribution in [2.24, 2.45) is 0 Å². The molecular weight excluding hydrogens is 374 g/mol. The Bertz CT molecular complexity index is 896. The molecule has 0 unspecified atom stereocenters. The van der Waals surface area contributed by atoms with Gasteiger partial charge in [-0.3, -0.25) is 4.79 Å². The minimum Gasteiger partial charge on any atom is -0.416 e. The van der Waals surface area contributed by atoms with Crippen molar-refractivity contribution in [3.8, 4) is 0 Å². The molecule has 1 aliphatic heterocycles. The molecule has 0 saturated carbocycles. The lowest BCUT2D eigenvalue weighted by atomic mass is 10.1. The summed E-state index contributed by atoms with van der Waals surface area (Å²) in [6.45, 7) is 2.34. The molecule has 0 N–H and O–H groups in total. The SMILES string of the molecule is O=C([C@@H](Sc1nnc(Cc2ccccc2)o1)c1ccccc1)N1CCOCC1. The van der Waals surface area contributed by atoms with Gasteiger partial charge in [-0.1, -0.05) is 60.7 Å². The Morgan fingerprint density at radius 2 is 1.68 bits per heavy atom. The number of carbonyl (C=O) groups excluding carboxylic acids is 1. The maximum Gasteiger partial charge on any atom is 0.277 e. The molecule has 2 aromatic carbocycles. The van der Waals surface area contributed by atoms with Gasteiger partial charge in [0, 0.05) is 13.1 Å². The minimum absolute atomic E-state index is 0.0438. The van der Waals surface area contributed by atoms with E-state index in [4.69, 9.17) is 9.15 Å². The number of hydrogen-bond donors (Lipinski definition) is 0. The molecule has 0 spiro atoms.